The zero-order valence-electron chi connectivity index (χ0n) is 16.3. The molecule has 4 heterocycles. The fourth-order valence-corrected chi connectivity index (χ4v) is 4.44. The lowest BCUT2D eigenvalue weighted by molar-refractivity contribution is 0.0590. The number of nitrogens with zero attached hydrogens (tertiary/aromatic N) is 3. The molecule has 30 heavy (non-hydrogen) atoms. The van der Waals surface area contributed by atoms with Crippen molar-refractivity contribution >= 4 is 27.5 Å². The summed E-state index contributed by atoms with van der Waals surface area (Å²) in [6.07, 6.45) is 3.13. The van der Waals surface area contributed by atoms with Crippen molar-refractivity contribution in [2.24, 2.45) is 0 Å². The zero-order chi connectivity index (χ0) is 20.5. The summed E-state index contributed by atoms with van der Waals surface area (Å²) in [5.41, 5.74) is 1.98. The third kappa shape index (κ3) is 3.63. The van der Waals surface area contributed by atoms with Crippen molar-refractivity contribution in [2.75, 3.05) is 20.2 Å². The molecule has 4 aromatic rings. The number of nitrogens with one attached hydrogen (secondary N) is 1. The first-order chi connectivity index (χ1) is 14.7. The van der Waals surface area contributed by atoms with Crippen LogP contribution in [0.3, 0.4) is 0 Å². The third-order valence-electron chi connectivity index (χ3n) is 5.16. The number of piperidine rings is 1. The Hall–Kier alpha value is -3.33. The topological polar surface area (TPSA) is 93.5 Å². The smallest absolute Gasteiger partial charge is 0.274 e. The van der Waals surface area contributed by atoms with Gasteiger partial charge in [0.2, 0.25) is 0 Å². The van der Waals surface area contributed by atoms with Crippen molar-refractivity contribution in [3.63, 3.8) is 0 Å². The third-order valence-corrected chi connectivity index (χ3v) is 6.07. The van der Waals surface area contributed by atoms with Crippen LogP contribution in [0.4, 0.5) is 0 Å². The molecule has 0 bridgehead atoms. The van der Waals surface area contributed by atoms with Gasteiger partial charge in [0.05, 0.1) is 23.6 Å². The SMILES string of the molecule is COc1ccc2nc(OC3CCN(C(=O)c4cc(-c5ccco5)[nH]n4)CC3)sc2c1. The number of methoxy groups -OCH3 is 1. The molecular formula is C21H20N4O4S. The van der Waals surface area contributed by atoms with Crippen molar-refractivity contribution in [2.45, 2.75) is 18.9 Å². The van der Waals surface area contributed by atoms with Gasteiger partial charge in [0.15, 0.2) is 11.5 Å². The maximum atomic E-state index is 12.8. The highest BCUT2D eigenvalue weighted by Crippen LogP contribution is 2.32. The van der Waals surface area contributed by atoms with Crippen LogP contribution in [-0.2, 0) is 0 Å². The van der Waals surface area contributed by atoms with Crippen molar-refractivity contribution in [1.82, 2.24) is 20.1 Å². The minimum absolute atomic E-state index is 0.0365. The number of rotatable bonds is 5. The van der Waals surface area contributed by atoms with E-state index >= 15 is 0 Å². The van der Waals surface area contributed by atoms with Crippen LogP contribution in [0.5, 0.6) is 10.9 Å². The van der Waals surface area contributed by atoms with Crippen LogP contribution in [0, 0.1) is 0 Å². The van der Waals surface area contributed by atoms with Crippen molar-refractivity contribution in [3.8, 4) is 22.4 Å². The fraction of sp³-hybridized carbons (Fsp3) is 0.286. The Morgan fingerprint density at radius 3 is 2.90 bits per heavy atom. The molecule has 1 amide bonds. The lowest BCUT2D eigenvalue weighted by atomic mass is 10.1. The van der Waals surface area contributed by atoms with Crippen LogP contribution >= 0.6 is 11.3 Å². The van der Waals surface area contributed by atoms with E-state index < -0.39 is 0 Å². The van der Waals surface area contributed by atoms with Crippen LogP contribution < -0.4 is 9.47 Å². The molecule has 9 heteroatoms. The Morgan fingerprint density at radius 1 is 1.27 bits per heavy atom. The Balaban J connectivity index is 1.19. The highest BCUT2D eigenvalue weighted by molar-refractivity contribution is 7.20. The van der Waals surface area contributed by atoms with Gasteiger partial charge < -0.3 is 18.8 Å². The molecule has 154 valence electrons. The maximum Gasteiger partial charge on any atom is 0.274 e. The number of thiazole rings is 1. The molecule has 0 saturated carbocycles. The molecule has 5 rings (SSSR count). The van der Waals surface area contributed by atoms with Gasteiger partial charge in [-0.2, -0.15) is 5.10 Å². The quantitative estimate of drug-likeness (QED) is 0.521. The number of benzene rings is 1. The van der Waals surface area contributed by atoms with E-state index in [1.54, 1.807) is 25.5 Å². The van der Waals surface area contributed by atoms with Crippen LogP contribution in [0.25, 0.3) is 21.7 Å². The second kappa shape index (κ2) is 7.83. The van der Waals surface area contributed by atoms with Gasteiger partial charge in [0.25, 0.3) is 11.1 Å². The van der Waals surface area contributed by atoms with Crippen molar-refractivity contribution in [3.05, 3.63) is 48.4 Å². The predicted octanol–water partition coefficient (Wildman–Crippen LogP) is 3.97. The highest BCUT2D eigenvalue weighted by Gasteiger charge is 2.27. The summed E-state index contributed by atoms with van der Waals surface area (Å²) in [5, 5.41) is 7.66. The summed E-state index contributed by atoms with van der Waals surface area (Å²) in [7, 11) is 1.65. The average Bonchev–Trinajstić information content (AvgIpc) is 3.53. The predicted molar refractivity (Wildman–Crippen MR) is 112 cm³/mol. The monoisotopic (exact) mass is 424 g/mol. The number of furan rings is 1. The normalized spacial score (nSPS) is 14.9. The number of carbonyl (C=O) groups is 1. The van der Waals surface area contributed by atoms with E-state index in [0.29, 0.717) is 35.4 Å². The number of likely N-dealkylation sites (tertiary alicyclic amines) is 1. The van der Waals surface area contributed by atoms with Gasteiger partial charge in [-0.3, -0.25) is 9.89 Å². The minimum atomic E-state index is -0.0883. The summed E-state index contributed by atoms with van der Waals surface area (Å²) in [5.74, 6) is 1.37. The number of hydrogen-bond acceptors (Lipinski definition) is 7. The molecule has 3 aromatic heterocycles. The Morgan fingerprint density at radius 2 is 2.13 bits per heavy atom. The molecule has 1 fully saturated rings. The molecule has 0 radical (unpaired) electrons. The van der Waals surface area contributed by atoms with Gasteiger partial charge >= 0.3 is 0 Å². The Labute approximate surface area is 176 Å². The van der Waals surface area contributed by atoms with E-state index in [-0.39, 0.29) is 12.0 Å². The fourth-order valence-electron chi connectivity index (χ4n) is 3.53. The van der Waals surface area contributed by atoms with Crippen LogP contribution in [-0.4, -0.2) is 52.3 Å². The minimum Gasteiger partial charge on any atom is -0.497 e. The second-order valence-electron chi connectivity index (χ2n) is 7.07. The Bertz CT molecular complexity index is 1160. The number of fused-ring (bicyclic) bond motifs is 1. The molecule has 1 aliphatic rings. The number of hydrogen-bond donors (Lipinski definition) is 1. The van der Waals surface area contributed by atoms with Crippen LogP contribution in [0.1, 0.15) is 23.3 Å². The summed E-state index contributed by atoms with van der Waals surface area (Å²) < 4.78 is 17.7. The van der Waals surface area contributed by atoms with E-state index in [0.717, 1.165) is 28.8 Å². The van der Waals surface area contributed by atoms with Gasteiger partial charge in [-0.1, -0.05) is 11.3 Å². The number of amides is 1. The second-order valence-corrected chi connectivity index (χ2v) is 8.06. The number of ether oxygens (including phenoxy) is 2. The average molecular weight is 424 g/mol. The largest absolute Gasteiger partial charge is 0.497 e. The van der Waals surface area contributed by atoms with Gasteiger partial charge in [0, 0.05) is 32.0 Å². The van der Waals surface area contributed by atoms with E-state index in [1.807, 2.05) is 29.2 Å². The summed E-state index contributed by atoms with van der Waals surface area (Å²) in [6, 6.07) is 11.1. The lowest BCUT2D eigenvalue weighted by Gasteiger charge is -2.31. The molecular weight excluding hydrogens is 404 g/mol. The molecule has 1 N–H and O–H groups in total. The number of carbonyl (C=O) groups excluding carboxylic acids is 1. The van der Waals surface area contributed by atoms with E-state index in [4.69, 9.17) is 13.9 Å². The lowest BCUT2D eigenvalue weighted by Crippen LogP contribution is -2.41. The molecule has 8 nitrogen and oxygen atoms in total. The van der Waals surface area contributed by atoms with Crippen LogP contribution in [0.15, 0.2) is 47.1 Å². The van der Waals surface area contributed by atoms with E-state index in [9.17, 15) is 4.79 Å². The van der Waals surface area contributed by atoms with Gasteiger partial charge in [0.1, 0.15) is 17.5 Å². The molecule has 1 aliphatic heterocycles. The summed E-state index contributed by atoms with van der Waals surface area (Å²) in [4.78, 5) is 19.1. The highest BCUT2D eigenvalue weighted by atomic mass is 32.1. The molecule has 1 aromatic carbocycles. The molecule has 1 saturated heterocycles. The number of H-pyrrole nitrogens is 1. The van der Waals surface area contributed by atoms with E-state index in [1.165, 1.54) is 11.3 Å². The first-order valence-corrected chi connectivity index (χ1v) is 10.5. The van der Waals surface area contributed by atoms with Crippen molar-refractivity contribution < 1.29 is 18.7 Å². The summed E-state index contributed by atoms with van der Waals surface area (Å²) in [6.45, 7) is 1.23. The maximum absolute atomic E-state index is 12.8. The standard InChI is InChI=1S/C21H20N4O4S/c1-27-14-4-5-15-19(11-14)30-21(22-15)29-13-6-8-25(9-7-13)20(26)17-12-16(23-24-17)18-3-2-10-28-18/h2-5,10-13H,6-9H2,1H3,(H,23,24). The molecule has 0 unspecified atom stereocenters. The number of aromatic amines is 1. The van der Waals surface area contributed by atoms with Gasteiger partial charge in [-0.25, -0.2) is 4.98 Å². The van der Waals surface area contributed by atoms with E-state index in [2.05, 4.69) is 15.2 Å². The number of aromatic nitrogens is 3. The molecule has 0 spiro atoms. The van der Waals surface area contributed by atoms with Crippen LogP contribution in [0.2, 0.25) is 0 Å². The molecule has 0 atom stereocenters. The van der Waals surface area contributed by atoms with Gasteiger partial charge in [-0.15, -0.1) is 0 Å². The van der Waals surface area contributed by atoms with Crippen molar-refractivity contribution in [1.29, 1.82) is 0 Å². The first kappa shape index (κ1) is 18.7. The molecule has 0 aliphatic carbocycles. The summed E-state index contributed by atoms with van der Waals surface area (Å²) >= 11 is 1.51. The zero-order valence-corrected chi connectivity index (χ0v) is 17.1. The Kier molecular flexibility index (Phi) is 4.88. The first-order valence-electron chi connectivity index (χ1n) is 9.69. The van der Waals surface area contributed by atoms with Gasteiger partial charge in [-0.05, 0) is 30.3 Å².